The summed E-state index contributed by atoms with van der Waals surface area (Å²) in [4.78, 5) is 36.7. The number of carboxylic acid groups (broad SMARTS) is 1. The third-order valence-corrected chi connectivity index (χ3v) is 3.96. The van der Waals surface area contributed by atoms with Crippen molar-refractivity contribution in [2.24, 2.45) is 5.92 Å². The molecule has 1 aromatic rings. The maximum atomic E-state index is 13.1. The van der Waals surface area contributed by atoms with Gasteiger partial charge in [-0.05, 0) is 37.0 Å². The number of aliphatic carboxylic acids is 1. The van der Waals surface area contributed by atoms with Crippen molar-refractivity contribution in [3.63, 3.8) is 0 Å². The van der Waals surface area contributed by atoms with Crippen LogP contribution >= 0.6 is 0 Å². The van der Waals surface area contributed by atoms with Crippen molar-refractivity contribution in [2.75, 3.05) is 13.1 Å². The van der Waals surface area contributed by atoms with Gasteiger partial charge in [0.25, 0.3) is 5.91 Å². The number of carbonyl (C=O) groups excluding carboxylic acids is 2. The molecule has 2 amide bonds. The normalized spacial score (nSPS) is 20.9. The molecule has 1 aromatic carbocycles. The summed E-state index contributed by atoms with van der Waals surface area (Å²) in [5.41, 5.74) is 0.111. The van der Waals surface area contributed by atoms with E-state index in [1.54, 1.807) is 0 Å². The van der Waals surface area contributed by atoms with Gasteiger partial charge in [0.05, 0.1) is 6.54 Å². The zero-order valence-electron chi connectivity index (χ0n) is 12.8. The van der Waals surface area contributed by atoms with Crippen molar-refractivity contribution >= 4 is 17.8 Å². The first-order valence-electron chi connectivity index (χ1n) is 7.44. The third-order valence-electron chi connectivity index (χ3n) is 3.96. The molecule has 0 aliphatic carbocycles. The minimum Gasteiger partial charge on any atom is -0.480 e. The van der Waals surface area contributed by atoms with Crippen molar-refractivity contribution in [3.8, 4) is 0 Å². The van der Waals surface area contributed by atoms with Gasteiger partial charge in [-0.3, -0.25) is 9.59 Å². The average Bonchev–Trinajstić information content (AvgIpc) is 2.52. The van der Waals surface area contributed by atoms with Gasteiger partial charge in [-0.2, -0.15) is 0 Å². The second kappa shape index (κ2) is 7.21. The Morgan fingerprint density at radius 2 is 2.13 bits per heavy atom. The van der Waals surface area contributed by atoms with E-state index >= 15 is 0 Å². The molecule has 7 heteroatoms. The molecular formula is C16H19FN2O4. The number of nitrogens with one attached hydrogen (secondary N) is 1. The van der Waals surface area contributed by atoms with E-state index in [1.165, 1.54) is 23.1 Å². The van der Waals surface area contributed by atoms with Gasteiger partial charge in [0.15, 0.2) is 0 Å². The van der Waals surface area contributed by atoms with Gasteiger partial charge in [0, 0.05) is 12.1 Å². The lowest BCUT2D eigenvalue weighted by Crippen LogP contribution is -2.52. The molecule has 0 saturated carbocycles. The van der Waals surface area contributed by atoms with Crippen LogP contribution in [-0.4, -0.2) is 46.9 Å². The van der Waals surface area contributed by atoms with Crippen LogP contribution in [0, 0.1) is 11.7 Å². The SMILES string of the molecule is CC1CCN(C(=O)CNC(=O)c2cccc(F)c2)C(C(=O)O)C1. The molecule has 23 heavy (non-hydrogen) atoms. The minimum absolute atomic E-state index is 0.111. The van der Waals surface area contributed by atoms with E-state index in [-0.39, 0.29) is 18.0 Å². The molecule has 2 N–H and O–H groups in total. The largest absolute Gasteiger partial charge is 0.480 e. The predicted octanol–water partition coefficient (Wildman–Crippen LogP) is 1.27. The first-order valence-corrected chi connectivity index (χ1v) is 7.44. The Labute approximate surface area is 133 Å². The van der Waals surface area contributed by atoms with Gasteiger partial charge in [-0.25, -0.2) is 9.18 Å². The number of benzene rings is 1. The summed E-state index contributed by atoms with van der Waals surface area (Å²) in [5.74, 6) is -2.37. The Morgan fingerprint density at radius 1 is 1.39 bits per heavy atom. The van der Waals surface area contributed by atoms with Gasteiger partial charge in [0.1, 0.15) is 11.9 Å². The highest BCUT2D eigenvalue weighted by atomic mass is 19.1. The molecule has 0 radical (unpaired) electrons. The average molecular weight is 322 g/mol. The Hall–Kier alpha value is -2.44. The highest BCUT2D eigenvalue weighted by Gasteiger charge is 2.34. The maximum Gasteiger partial charge on any atom is 0.326 e. The van der Waals surface area contributed by atoms with Crippen molar-refractivity contribution in [3.05, 3.63) is 35.6 Å². The Bertz CT molecular complexity index is 620. The van der Waals surface area contributed by atoms with Crippen molar-refractivity contribution < 1.29 is 23.9 Å². The van der Waals surface area contributed by atoms with Crippen molar-refractivity contribution in [2.45, 2.75) is 25.8 Å². The summed E-state index contributed by atoms with van der Waals surface area (Å²) in [6.07, 6.45) is 1.13. The van der Waals surface area contributed by atoms with Crippen LogP contribution in [0.2, 0.25) is 0 Å². The number of nitrogens with zero attached hydrogens (tertiary/aromatic N) is 1. The molecule has 1 heterocycles. The highest BCUT2D eigenvalue weighted by molar-refractivity contribution is 5.96. The number of amides is 2. The molecule has 1 fully saturated rings. The molecule has 1 saturated heterocycles. The minimum atomic E-state index is -1.04. The summed E-state index contributed by atoms with van der Waals surface area (Å²) < 4.78 is 13.1. The molecule has 6 nitrogen and oxygen atoms in total. The second-order valence-corrected chi connectivity index (χ2v) is 5.76. The Morgan fingerprint density at radius 3 is 2.78 bits per heavy atom. The first-order chi connectivity index (χ1) is 10.9. The van der Waals surface area contributed by atoms with Crippen LogP contribution in [-0.2, 0) is 9.59 Å². The van der Waals surface area contributed by atoms with Crippen LogP contribution in [0.15, 0.2) is 24.3 Å². The van der Waals surface area contributed by atoms with Gasteiger partial charge in [0.2, 0.25) is 5.91 Å². The standard InChI is InChI=1S/C16H19FN2O4/c1-10-5-6-19(13(7-10)16(22)23)14(20)9-18-15(21)11-3-2-4-12(17)8-11/h2-4,8,10,13H,5-7,9H2,1H3,(H,18,21)(H,22,23). The monoisotopic (exact) mass is 322 g/mol. The lowest BCUT2D eigenvalue weighted by Gasteiger charge is -2.36. The molecule has 2 atom stereocenters. The Balaban J connectivity index is 1.95. The Kier molecular flexibility index (Phi) is 5.31. The van der Waals surface area contributed by atoms with E-state index in [4.69, 9.17) is 0 Å². The summed E-state index contributed by atoms with van der Waals surface area (Å²) in [5, 5.41) is 11.6. The first kappa shape index (κ1) is 16.9. The zero-order valence-corrected chi connectivity index (χ0v) is 12.8. The van der Waals surface area contributed by atoms with Crippen molar-refractivity contribution in [1.82, 2.24) is 10.2 Å². The second-order valence-electron chi connectivity index (χ2n) is 5.76. The number of piperidine rings is 1. The predicted molar refractivity (Wildman–Crippen MR) is 80.3 cm³/mol. The van der Waals surface area contributed by atoms with Gasteiger partial charge in [-0.1, -0.05) is 13.0 Å². The lowest BCUT2D eigenvalue weighted by molar-refractivity contribution is -0.152. The smallest absolute Gasteiger partial charge is 0.326 e. The molecular weight excluding hydrogens is 303 g/mol. The van der Waals surface area contributed by atoms with E-state index in [0.717, 1.165) is 12.5 Å². The topological polar surface area (TPSA) is 86.7 Å². The van der Waals surface area contributed by atoms with E-state index in [1.807, 2.05) is 6.92 Å². The molecule has 1 aliphatic rings. The van der Waals surface area contributed by atoms with Crippen LogP contribution in [0.1, 0.15) is 30.1 Å². The van der Waals surface area contributed by atoms with Crippen LogP contribution in [0.3, 0.4) is 0 Å². The summed E-state index contributed by atoms with van der Waals surface area (Å²) >= 11 is 0. The van der Waals surface area contributed by atoms with Crippen LogP contribution < -0.4 is 5.32 Å². The van der Waals surface area contributed by atoms with Gasteiger partial charge in [-0.15, -0.1) is 0 Å². The van der Waals surface area contributed by atoms with Crippen molar-refractivity contribution in [1.29, 1.82) is 0 Å². The highest BCUT2D eigenvalue weighted by Crippen LogP contribution is 2.22. The van der Waals surface area contributed by atoms with Gasteiger partial charge < -0.3 is 15.3 Å². The fraction of sp³-hybridized carbons (Fsp3) is 0.438. The van der Waals surface area contributed by atoms with Crippen LogP contribution in [0.5, 0.6) is 0 Å². The van der Waals surface area contributed by atoms with E-state index in [2.05, 4.69) is 5.32 Å². The lowest BCUT2D eigenvalue weighted by atomic mass is 9.92. The quantitative estimate of drug-likeness (QED) is 0.874. The summed E-state index contributed by atoms with van der Waals surface area (Å²) in [6.45, 7) is 1.99. The number of hydrogen-bond donors (Lipinski definition) is 2. The third kappa shape index (κ3) is 4.28. The number of hydrogen-bond acceptors (Lipinski definition) is 3. The molecule has 0 spiro atoms. The molecule has 2 rings (SSSR count). The molecule has 2 unspecified atom stereocenters. The van der Waals surface area contributed by atoms with E-state index < -0.39 is 29.6 Å². The van der Waals surface area contributed by atoms with E-state index in [9.17, 15) is 23.9 Å². The molecule has 124 valence electrons. The number of carboxylic acids is 1. The van der Waals surface area contributed by atoms with E-state index in [0.29, 0.717) is 13.0 Å². The summed E-state index contributed by atoms with van der Waals surface area (Å²) in [6, 6.07) is 4.26. The van der Waals surface area contributed by atoms with Gasteiger partial charge >= 0.3 is 5.97 Å². The zero-order chi connectivity index (χ0) is 17.0. The number of likely N-dealkylation sites (tertiary alicyclic amines) is 1. The number of halogens is 1. The fourth-order valence-electron chi connectivity index (χ4n) is 2.66. The molecule has 0 aromatic heterocycles. The molecule has 1 aliphatic heterocycles. The fourth-order valence-corrected chi connectivity index (χ4v) is 2.66. The van der Waals surface area contributed by atoms with Crippen LogP contribution in [0.4, 0.5) is 4.39 Å². The maximum absolute atomic E-state index is 13.1. The number of rotatable bonds is 4. The number of carbonyl (C=O) groups is 3. The van der Waals surface area contributed by atoms with Crippen LogP contribution in [0.25, 0.3) is 0 Å². The summed E-state index contributed by atoms with van der Waals surface area (Å²) in [7, 11) is 0. The molecule has 0 bridgehead atoms.